The van der Waals surface area contributed by atoms with Gasteiger partial charge < -0.3 is 5.11 Å². The molecule has 5 nitrogen and oxygen atoms in total. The van der Waals surface area contributed by atoms with E-state index in [1.807, 2.05) is 6.92 Å². The second-order valence-electron chi connectivity index (χ2n) is 4.25. The van der Waals surface area contributed by atoms with Crippen molar-refractivity contribution >= 4 is 10.2 Å². The molecule has 6 heteroatoms. The van der Waals surface area contributed by atoms with Crippen LogP contribution in [0.3, 0.4) is 0 Å². The minimum Gasteiger partial charge on any atom is -0.395 e. The summed E-state index contributed by atoms with van der Waals surface area (Å²) in [4.78, 5) is 0. The second-order valence-corrected chi connectivity index (χ2v) is 6.24. The third-order valence-corrected chi connectivity index (χ3v) is 4.84. The first-order valence-electron chi connectivity index (χ1n) is 5.88. The maximum Gasteiger partial charge on any atom is 0.282 e. The van der Waals surface area contributed by atoms with Crippen LogP contribution in [-0.2, 0) is 10.2 Å². The monoisotopic (exact) mass is 250 g/mol. The molecule has 1 rings (SSSR count). The predicted molar refractivity (Wildman–Crippen MR) is 63.3 cm³/mol. The minimum atomic E-state index is -3.37. The molecule has 0 aromatic carbocycles. The van der Waals surface area contributed by atoms with E-state index in [0.717, 1.165) is 25.7 Å². The Kier molecular flexibility index (Phi) is 5.17. The van der Waals surface area contributed by atoms with Crippen LogP contribution in [0.1, 0.15) is 32.6 Å². The lowest BCUT2D eigenvalue weighted by atomic mass is 10.3. The van der Waals surface area contributed by atoms with Crippen molar-refractivity contribution < 1.29 is 13.5 Å². The lowest BCUT2D eigenvalue weighted by Gasteiger charge is -2.26. The number of aliphatic hydroxyl groups excluding tert-OH is 1. The molecule has 1 N–H and O–H groups in total. The minimum absolute atomic E-state index is 0.112. The van der Waals surface area contributed by atoms with Crippen LogP contribution < -0.4 is 0 Å². The van der Waals surface area contributed by atoms with Gasteiger partial charge in [-0.15, -0.1) is 0 Å². The standard InChI is InChI=1S/C10H22N2O3S/c1-3-4-7-11(2)16(14,15)12(8-9-13)10-5-6-10/h10,13H,3-9H2,1-2H3. The molecule has 0 atom stereocenters. The zero-order chi connectivity index (χ0) is 12.2. The lowest BCUT2D eigenvalue weighted by Crippen LogP contribution is -2.44. The van der Waals surface area contributed by atoms with Crippen molar-refractivity contribution in [1.82, 2.24) is 8.61 Å². The molecule has 0 amide bonds. The van der Waals surface area contributed by atoms with E-state index in [9.17, 15) is 8.42 Å². The van der Waals surface area contributed by atoms with Gasteiger partial charge in [0, 0.05) is 26.2 Å². The van der Waals surface area contributed by atoms with Crippen molar-refractivity contribution in [3.8, 4) is 0 Å². The number of unbranched alkanes of at least 4 members (excludes halogenated alkanes) is 1. The number of nitrogens with zero attached hydrogens (tertiary/aromatic N) is 2. The molecule has 16 heavy (non-hydrogen) atoms. The highest BCUT2D eigenvalue weighted by Crippen LogP contribution is 2.29. The van der Waals surface area contributed by atoms with Crippen molar-refractivity contribution in [2.24, 2.45) is 0 Å². The summed E-state index contributed by atoms with van der Waals surface area (Å²) < 4.78 is 27.1. The van der Waals surface area contributed by atoms with Crippen molar-refractivity contribution in [2.45, 2.75) is 38.6 Å². The Bertz CT molecular complexity index is 301. The summed E-state index contributed by atoms with van der Waals surface area (Å²) in [5.41, 5.74) is 0. The van der Waals surface area contributed by atoms with Gasteiger partial charge in [-0.1, -0.05) is 13.3 Å². The van der Waals surface area contributed by atoms with E-state index in [0.29, 0.717) is 6.54 Å². The van der Waals surface area contributed by atoms with Gasteiger partial charge in [0.1, 0.15) is 0 Å². The zero-order valence-corrected chi connectivity index (χ0v) is 10.9. The first-order chi connectivity index (χ1) is 7.54. The highest BCUT2D eigenvalue weighted by atomic mass is 32.2. The molecule has 0 aliphatic heterocycles. The fourth-order valence-electron chi connectivity index (χ4n) is 1.62. The van der Waals surface area contributed by atoms with Crippen LogP contribution in [0.5, 0.6) is 0 Å². The SMILES string of the molecule is CCCCN(C)S(=O)(=O)N(CCO)C1CC1. The number of aliphatic hydroxyl groups is 1. The Balaban J connectivity index is 2.64. The lowest BCUT2D eigenvalue weighted by molar-refractivity contribution is 0.242. The summed E-state index contributed by atoms with van der Waals surface area (Å²) in [5.74, 6) is 0. The van der Waals surface area contributed by atoms with Gasteiger partial charge >= 0.3 is 0 Å². The van der Waals surface area contributed by atoms with Crippen molar-refractivity contribution in [3.63, 3.8) is 0 Å². The Hall–Kier alpha value is -0.170. The third kappa shape index (κ3) is 3.41. The van der Waals surface area contributed by atoms with Gasteiger partial charge in [0.2, 0.25) is 0 Å². The van der Waals surface area contributed by atoms with Gasteiger partial charge in [-0.25, -0.2) is 0 Å². The largest absolute Gasteiger partial charge is 0.395 e. The van der Waals surface area contributed by atoms with E-state index in [4.69, 9.17) is 5.11 Å². The molecule has 1 aliphatic rings. The van der Waals surface area contributed by atoms with E-state index >= 15 is 0 Å². The maximum absolute atomic E-state index is 12.1. The van der Waals surface area contributed by atoms with Crippen molar-refractivity contribution in [2.75, 3.05) is 26.7 Å². The van der Waals surface area contributed by atoms with Gasteiger partial charge in [-0.05, 0) is 19.3 Å². The van der Waals surface area contributed by atoms with Gasteiger partial charge in [0.05, 0.1) is 6.61 Å². The van der Waals surface area contributed by atoms with Gasteiger partial charge in [-0.3, -0.25) is 0 Å². The Labute approximate surface area is 98.2 Å². The van der Waals surface area contributed by atoms with Gasteiger partial charge in [0.15, 0.2) is 0 Å². The van der Waals surface area contributed by atoms with Crippen LogP contribution in [0.25, 0.3) is 0 Å². The van der Waals surface area contributed by atoms with Gasteiger partial charge in [0.25, 0.3) is 10.2 Å². The van der Waals surface area contributed by atoms with Gasteiger partial charge in [-0.2, -0.15) is 17.0 Å². The van der Waals surface area contributed by atoms with E-state index in [-0.39, 0.29) is 19.2 Å². The van der Waals surface area contributed by atoms with Crippen LogP contribution in [-0.4, -0.2) is 54.9 Å². The first kappa shape index (κ1) is 13.9. The molecular formula is C10H22N2O3S. The fourth-order valence-corrected chi connectivity index (χ4v) is 3.24. The van der Waals surface area contributed by atoms with E-state index in [2.05, 4.69) is 0 Å². The molecule has 1 saturated carbocycles. The van der Waals surface area contributed by atoms with Crippen LogP contribution in [0.15, 0.2) is 0 Å². The summed E-state index contributed by atoms with van der Waals surface area (Å²) in [6.07, 6.45) is 3.68. The molecule has 1 aliphatic carbocycles. The number of hydrogen-bond donors (Lipinski definition) is 1. The molecule has 0 radical (unpaired) electrons. The first-order valence-corrected chi connectivity index (χ1v) is 7.27. The van der Waals surface area contributed by atoms with E-state index < -0.39 is 10.2 Å². The van der Waals surface area contributed by atoms with Crippen LogP contribution in [0.4, 0.5) is 0 Å². The fraction of sp³-hybridized carbons (Fsp3) is 1.00. The van der Waals surface area contributed by atoms with E-state index in [1.165, 1.54) is 8.61 Å². The molecule has 1 fully saturated rings. The highest BCUT2D eigenvalue weighted by molar-refractivity contribution is 7.86. The van der Waals surface area contributed by atoms with Crippen LogP contribution in [0, 0.1) is 0 Å². The smallest absolute Gasteiger partial charge is 0.282 e. The summed E-state index contributed by atoms with van der Waals surface area (Å²) in [5, 5.41) is 8.91. The average molecular weight is 250 g/mol. The highest BCUT2D eigenvalue weighted by Gasteiger charge is 2.38. The van der Waals surface area contributed by atoms with Crippen molar-refractivity contribution in [1.29, 1.82) is 0 Å². The number of rotatable bonds is 8. The Morgan fingerprint density at radius 2 is 1.94 bits per heavy atom. The predicted octanol–water partition coefficient (Wildman–Crippen LogP) is 0.420. The van der Waals surface area contributed by atoms with Crippen LogP contribution >= 0.6 is 0 Å². The molecule has 0 aromatic rings. The quantitative estimate of drug-likeness (QED) is 0.679. The van der Waals surface area contributed by atoms with Crippen molar-refractivity contribution in [3.05, 3.63) is 0 Å². The topological polar surface area (TPSA) is 60.9 Å². The molecule has 0 aromatic heterocycles. The number of hydrogen-bond acceptors (Lipinski definition) is 3. The molecule has 0 saturated heterocycles. The molecule has 0 spiro atoms. The molecular weight excluding hydrogens is 228 g/mol. The summed E-state index contributed by atoms with van der Waals surface area (Å²) in [7, 11) is -1.76. The molecule has 96 valence electrons. The average Bonchev–Trinajstić information content (AvgIpc) is 3.05. The maximum atomic E-state index is 12.1. The summed E-state index contributed by atoms with van der Waals surface area (Å²) >= 11 is 0. The molecule has 0 unspecified atom stereocenters. The second kappa shape index (κ2) is 5.95. The Morgan fingerprint density at radius 1 is 1.31 bits per heavy atom. The molecule has 0 heterocycles. The molecule has 0 bridgehead atoms. The summed E-state index contributed by atoms with van der Waals surface area (Å²) in [6, 6.07) is 0.112. The third-order valence-electron chi connectivity index (χ3n) is 2.79. The Morgan fingerprint density at radius 3 is 2.38 bits per heavy atom. The zero-order valence-electron chi connectivity index (χ0n) is 10.1. The van der Waals surface area contributed by atoms with Crippen LogP contribution in [0.2, 0.25) is 0 Å². The summed E-state index contributed by atoms with van der Waals surface area (Å²) in [6.45, 7) is 2.68. The van der Waals surface area contributed by atoms with E-state index in [1.54, 1.807) is 7.05 Å². The normalized spacial score (nSPS) is 17.3.